The molecule has 3 aliphatic heterocycles. The van der Waals surface area contributed by atoms with E-state index in [1.807, 2.05) is 47.4 Å². The molecule has 1 N–H and O–H groups in total. The van der Waals surface area contributed by atoms with E-state index in [9.17, 15) is 14.4 Å². The number of hydrogen-bond acceptors (Lipinski definition) is 3. The molecule has 4 amide bonds. The van der Waals surface area contributed by atoms with Gasteiger partial charge in [-0.2, -0.15) is 0 Å². The molecule has 2 aromatic rings. The summed E-state index contributed by atoms with van der Waals surface area (Å²) >= 11 is 6.09. The van der Waals surface area contributed by atoms with Crippen LogP contribution in [0.3, 0.4) is 0 Å². The second-order valence-corrected chi connectivity index (χ2v) is 9.80. The molecule has 0 bridgehead atoms. The van der Waals surface area contributed by atoms with Crippen molar-refractivity contribution in [2.75, 3.05) is 26.2 Å². The summed E-state index contributed by atoms with van der Waals surface area (Å²) in [6.45, 7) is 5.65. The number of rotatable bonds is 7. The molecule has 0 spiro atoms. The van der Waals surface area contributed by atoms with Crippen LogP contribution in [0.1, 0.15) is 30.0 Å². The maximum absolute atomic E-state index is 14.1. The van der Waals surface area contributed by atoms with E-state index in [0.717, 1.165) is 24.0 Å². The molecule has 3 aliphatic rings. The summed E-state index contributed by atoms with van der Waals surface area (Å²) in [6.07, 6.45) is 3.99. The summed E-state index contributed by atoms with van der Waals surface area (Å²) in [4.78, 5) is 46.0. The van der Waals surface area contributed by atoms with Crippen LogP contribution >= 0.6 is 11.6 Å². The Balaban J connectivity index is 1.53. The maximum atomic E-state index is 14.1. The van der Waals surface area contributed by atoms with Gasteiger partial charge in [-0.25, -0.2) is 4.79 Å². The van der Waals surface area contributed by atoms with Gasteiger partial charge >= 0.3 is 6.03 Å². The zero-order valence-corrected chi connectivity index (χ0v) is 20.8. The first-order chi connectivity index (χ1) is 17.5. The maximum Gasteiger partial charge on any atom is 0.322 e. The van der Waals surface area contributed by atoms with Crippen molar-refractivity contribution in [3.63, 3.8) is 0 Å². The Morgan fingerprint density at radius 3 is 2.44 bits per heavy atom. The summed E-state index contributed by atoms with van der Waals surface area (Å²) in [5.41, 5.74) is 2.86. The molecular formula is C28H29ClN4O3. The smallest absolute Gasteiger partial charge is 0.322 e. The number of benzene rings is 2. The SMILES string of the molecule is C=CCN1C(=O)NC(c2ccc(Cl)cc2)C2=C1CN(C(Cc1ccccc1)C(=O)N1CCCC1)C2=O. The minimum atomic E-state index is -0.657. The summed E-state index contributed by atoms with van der Waals surface area (Å²) in [5.74, 6) is -0.269. The molecule has 186 valence electrons. The highest BCUT2D eigenvalue weighted by atomic mass is 35.5. The lowest BCUT2D eigenvalue weighted by Crippen LogP contribution is -2.50. The zero-order valence-electron chi connectivity index (χ0n) is 20.0. The fourth-order valence-corrected chi connectivity index (χ4v) is 5.44. The van der Waals surface area contributed by atoms with Crippen LogP contribution in [0.4, 0.5) is 4.79 Å². The average Bonchev–Trinajstić information content (AvgIpc) is 3.54. The molecule has 3 heterocycles. The normalized spacial score (nSPS) is 20.5. The average molecular weight is 505 g/mol. The standard InChI is InChI=1S/C28H29ClN4O3/c1-2-14-32-23-18-33(22(17-19-8-4-3-5-9-19)26(34)31-15-6-7-16-31)27(35)24(23)25(30-28(32)36)20-10-12-21(29)13-11-20/h2-5,8-13,22,25H,1,6-7,14-18H2,(H,30,36). The molecule has 7 nitrogen and oxygen atoms in total. The van der Waals surface area contributed by atoms with Crippen LogP contribution < -0.4 is 5.32 Å². The second-order valence-electron chi connectivity index (χ2n) is 9.36. The van der Waals surface area contributed by atoms with Gasteiger partial charge in [-0.05, 0) is 36.1 Å². The number of urea groups is 1. The fourth-order valence-electron chi connectivity index (χ4n) is 5.31. The Morgan fingerprint density at radius 1 is 1.08 bits per heavy atom. The first-order valence-corrected chi connectivity index (χ1v) is 12.7. The fraction of sp³-hybridized carbons (Fsp3) is 0.321. The largest absolute Gasteiger partial charge is 0.341 e. The molecule has 8 heteroatoms. The molecule has 2 atom stereocenters. The number of likely N-dealkylation sites (tertiary alicyclic amines) is 1. The van der Waals surface area contributed by atoms with E-state index in [2.05, 4.69) is 11.9 Å². The van der Waals surface area contributed by atoms with Crippen LogP contribution in [-0.2, 0) is 16.0 Å². The number of nitrogens with one attached hydrogen (secondary N) is 1. The second kappa shape index (κ2) is 10.2. The Morgan fingerprint density at radius 2 is 1.78 bits per heavy atom. The Bertz CT molecular complexity index is 1210. The lowest BCUT2D eigenvalue weighted by atomic mass is 9.95. The minimum absolute atomic E-state index is 0.0397. The third-order valence-corrected chi connectivity index (χ3v) is 7.37. The highest BCUT2D eigenvalue weighted by Gasteiger charge is 2.47. The van der Waals surface area contributed by atoms with Crippen LogP contribution in [0, 0.1) is 0 Å². The van der Waals surface area contributed by atoms with Crippen molar-refractivity contribution in [3.05, 3.63) is 94.7 Å². The number of nitrogens with zero attached hydrogens (tertiary/aromatic N) is 3. The molecule has 0 aromatic heterocycles. The number of carbonyl (C=O) groups excluding carboxylic acids is 3. The monoisotopic (exact) mass is 504 g/mol. The molecule has 2 unspecified atom stereocenters. The van der Waals surface area contributed by atoms with Gasteiger partial charge in [-0.1, -0.05) is 60.1 Å². The van der Waals surface area contributed by atoms with Gasteiger partial charge in [0.05, 0.1) is 23.9 Å². The molecule has 1 fully saturated rings. The van der Waals surface area contributed by atoms with Crippen LogP contribution in [0.15, 0.2) is 78.5 Å². The van der Waals surface area contributed by atoms with E-state index < -0.39 is 12.1 Å². The molecular weight excluding hydrogens is 476 g/mol. The zero-order chi connectivity index (χ0) is 25.2. The van der Waals surface area contributed by atoms with Gasteiger partial charge < -0.3 is 15.1 Å². The van der Waals surface area contributed by atoms with E-state index in [1.54, 1.807) is 28.0 Å². The van der Waals surface area contributed by atoms with Crippen LogP contribution in [-0.4, -0.2) is 64.8 Å². The Hall–Kier alpha value is -3.58. The van der Waals surface area contributed by atoms with Gasteiger partial charge in [-0.3, -0.25) is 14.5 Å². The van der Waals surface area contributed by atoms with Crippen molar-refractivity contribution in [3.8, 4) is 0 Å². The van der Waals surface area contributed by atoms with Gasteiger partial charge in [-0.15, -0.1) is 6.58 Å². The van der Waals surface area contributed by atoms with Crippen molar-refractivity contribution < 1.29 is 14.4 Å². The van der Waals surface area contributed by atoms with Crippen molar-refractivity contribution in [1.29, 1.82) is 0 Å². The third kappa shape index (κ3) is 4.51. The Kier molecular flexibility index (Phi) is 6.83. The topological polar surface area (TPSA) is 73.0 Å². The molecule has 0 aliphatic carbocycles. The number of halogens is 1. The van der Waals surface area contributed by atoms with Gasteiger partial charge in [0, 0.05) is 31.1 Å². The Labute approximate surface area is 216 Å². The predicted molar refractivity (Wildman–Crippen MR) is 138 cm³/mol. The molecule has 0 radical (unpaired) electrons. The molecule has 0 saturated carbocycles. The van der Waals surface area contributed by atoms with E-state index in [-0.39, 0.29) is 30.9 Å². The van der Waals surface area contributed by atoms with E-state index in [4.69, 9.17) is 11.6 Å². The lowest BCUT2D eigenvalue weighted by Gasteiger charge is -2.33. The molecule has 36 heavy (non-hydrogen) atoms. The van der Waals surface area contributed by atoms with Crippen molar-refractivity contribution in [1.82, 2.24) is 20.0 Å². The summed E-state index contributed by atoms with van der Waals surface area (Å²) in [7, 11) is 0. The van der Waals surface area contributed by atoms with Gasteiger partial charge in [0.1, 0.15) is 6.04 Å². The third-order valence-electron chi connectivity index (χ3n) is 7.12. The van der Waals surface area contributed by atoms with Gasteiger partial charge in [0.25, 0.3) is 5.91 Å². The summed E-state index contributed by atoms with van der Waals surface area (Å²) in [5, 5.41) is 3.55. The summed E-state index contributed by atoms with van der Waals surface area (Å²) < 4.78 is 0. The highest BCUT2D eigenvalue weighted by Crippen LogP contribution is 2.38. The van der Waals surface area contributed by atoms with Crippen LogP contribution in [0.2, 0.25) is 5.02 Å². The van der Waals surface area contributed by atoms with Crippen molar-refractivity contribution in [2.45, 2.75) is 31.3 Å². The van der Waals surface area contributed by atoms with E-state index in [0.29, 0.717) is 35.8 Å². The first kappa shape index (κ1) is 24.1. The summed E-state index contributed by atoms with van der Waals surface area (Å²) in [6, 6.07) is 15.3. The van der Waals surface area contributed by atoms with Crippen molar-refractivity contribution in [2.24, 2.45) is 0 Å². The van der Waals surface area contributed by atoms with E-state index in [1.165, 1.54) is 0 Å². The quantitative estimate of drug-likeness (QED) is 0.581. The van der Waals surface area contributed by atoms with Gasteiger partial charge in [0.15, 0.2) is 0 Å². The first-order valence-electron chi connectivity index (χ1n) is 12.3. The van der Waals surface area contributed by atoms with E-state index >= 15 is 0 Å². The van der Waals surface area contributed by atoms with Crippen LogP contribution in [0.5, 0.6) is 0 Å². The highest BCUT2D eigenvalue weighted by molar-refractivity contribution is 6.30. The van der Waals surface area contributed by atoms with Crippen molar-refractivity contribution >= 4 is 29.4 Å². The molecule has 5 rings (SSSR count). The van der Waals surface area contributed by atoms with Gasteiger partial charge in [0.2, 0.25) is 5.91 Å². The van der Waals surface area contributed by atoms with Crippen LogP contribution in [0.25, 0.3) is 0 Å². The molecule has 1 saturated heterocycles. The predicted octanol–water partition coefficient (Wildman–Crippen LogP) is 3.92. The number of carbonyl (C=O) groups is 3. The molecule has 2 aromatic carbocycles. The number of hydrogen-bond donors (Lipinski definition) is 1. The lowest BCUT2D eigenvalue weighted by molar-refractivity contribution is -0.142. The number of amides is 4. The minimum Gasteiger partial charge on any atom is -0.341 e.